The number of aryl methyl sites for hydroxylation is 2. The summed E-state index contributed by atoms with van der Waals surface area (Å²) in [5.41, 5.74) is 1.49. The van der Waals surface area contributed by atoms with E-state index >= 15 is 0 Å². The van der Waals surface area contributed by atoms with Gasteiger partial charge in [-0.25, -0.2) is 19.9 Å². The maximum absolute atomic E-state index is 4.67. The van der Waals surface area contributed by atoms with Crippen molar-refractivity contribution in [3.05, 3.63) is 72.4 Å². The molecule has 0 unspecified atom stereocenters. The molecule has 4 rings (SSSR count). The van der Waals surface area contributed by atoms with Crippen molar-refractivity contribution in [3.63, 3.8) is 0 Å². The van der Waals surface area contributed by atoms with Gasteiger partial charge in [-0.05, 0) is 52.0 Å². The minimum absolute atomic E-state index is 0.575. The molecule has 0 N–H and O–H groups in total. The van der Waals surface area contributed by atoms with Gasteiger partial charge in [-0.2, -0.15) is 9.97 Å². The van der Waals surface area contributed by atoms with E-state index in [2.05, 4.69) is 29.9 Å². The molecule has 0 aliphatic rings. The van der Waals surface area contributed by atoms with Gasteiger partial charge in [0.05, 0.1) is 5.41 Å². The van der Waals surface area contributed by atoms with Gasteiger partial charge >= 0.3 is 0 Å². The Bertz CT molecular complexity index is 1010. The van der Waals surface area contributed by atoms with Crippen molar-refractivity contribution in [1.29, 1.82) is 0 Å². The van der Waals surface area contributed by atoms with Gasteiger partial charge < -0.3 is 0 Å². The van der Waals surface area contributed by atoms with Gasteiger partial charge in [0.15, 0.2) is 0 Å². The third kappa shape index (κ3) is 2.99. The van der Waals surface area contributed by atoms with Crippen LogP contribution < -0.4 is 0 Å². The van der Waals surface area contributed by atoms with Gasteiger partial charge in [-0.1, -0.05) is 0 Å². The Morgan fingerprint density at radius 2 is 1.15 bits per heavy atom. The smallest absolute Gasteiger partial charge is 0.237 e. The van der Waals surface area contributed by atoms with Crippen LogP contribution in [0.15, 0.2) is 49.3 Å². The second-order valence-electron chi connectivity index (χ2n) is 6.88. The molecule has 27 heavy (non-hydrogen) atoms. The predicted molar refractivity (Wildman–Crippen MR) is 99.9 cm³/mol. The molecule has 0 spiro atoms. The summed E-state index contributed by atoms with van der Waals surface area (Å²) in [6, 6.07) is 7.93. The number of aromatic nitrogens is 8. The van der Waals surface area contributed by atoms with E-state index in [9.17, 15) is 0 Å². The zero-order valence-electron chi connectivity index (χ0n) is 15.7. The summed E-state index contributed by atoms with van der Waals surface area (Å²) in [6.45, 7) is 8.01. The third-order valence-electron chi connectivity index (χ3n) is 4.57. The molecule has 0 atom stereocenters. The van der Waals surface area contributed by atoms with Crippen LogP contribution >= 0.6 is 0 Å². The van der Waals surface area contributed by atoms with Crippen molar-refractivity contribution < 1.29 is 0 Å². The maximum atomic E-state index is 4.67. The molecule has 0 aliphatic heterocycles. The Kier molecular flexibility index (Phi) is 4.02. The molecule has 8 heteroatoms. The fourth-order valence-electron chi connectivity index (χ4n) is 2.89. The fourth-order valence-corrected chi connectivity index (χ4v) is 2.89. The summed E-state index contributed by atoms with van der Waals surface area (Å²) in [7, 11) is 0. The van der Waals surface area contributed by atoms with Crippen molar-refractivity contribution in [2.45, 2.75) is 33.1 Å². The van der Waals surface area contributed by atoms with Crippen LogP contribution in [0.4, 0.5) is 0 Å². The average Bonchev–Trinajstić information content (AvgIpc) is 3.30. The zero-order chi connectivity index (χ0) is 19.0. The van der Waals surface area contributed by atoms with Gasteiger partial charge in [0.25, 0.3) is 0 Å². The highest BCUT2D eigenvalue weighted by atomic mass is 15.2. The Hall–Kier alpha value is -3.42. The first kappa shape index (κ1) is 17.0. The molecule has 0 saturated heterocycles. The van der Waals surface area contributed by atoms with Crippen molar-refractivity contribution in [1.82, 2.24) is 39.0 Å². The highest BCUT2D eigenvalue weighted by Gasteiger charge is 2.31. The lowest BCUT2D eigenvalue weighted by Gasteiger charge is -2.21. The Labute approximate surface area is 157 Å². The molecule has 0 bridgehead atoms. The minimum atomic E-state index is -0.614. The van der Waals surface area contributed by atoms with E-state index in [0.29, 0.717) is 23.5 Å². The lowest BCUT2D eigenvalue weighted by molar-refractivity contribution is 0.536. The van der Waals surface area contributed by atoms with E-state index in [0.717, 1.165) is 11.4 Å². The average molecular weight is 360 g/mol. The number of hydrogen-bond donors (Lipinski definition) is 0. The van der Waals surface area contributed by atoms with Crippen LogP contribution in [0.25, 0.3) is 11.9 Å². The maximum Gasteiger partial charge on any atom is 0.237 e. The molecule has 0 aromatic carbocycles. The van der Waals surface area contributed by atoms with Crippen LogP contribution in [0, 0.1) is 13.8 Å². The van der Waals surface area contributed by atoms with Gasteiger partial charge in [-0.3, -0.25) is 9.13 Å². The largest absolute Gasteiger partial charge is 0.290 e. The van der Waals surface area contributed by atoms with Crippen LogP contribution in [0.2, 0.25) is 0 Å². The van der Waals surface area contributed by atoms with Crippen molar-refractivity contribution in [2.75, 3.05) is 0 Å². The highest BCUT2D eigenvalue weighted by molar-refractivity contribution is 5.26. The molecule has 0 aliphatic carbocycles. The van der Waals surface area contributed by atoms with Crippen molar-refractivity contribution in [2.24, 2.45) is 0 Å². The van der Waals surface area contributed by atoms with Crippen LogP contribution in [0.3, 0.4) is 0 Å². The molecular weight excluding hydrogens is 340 g/mol. The van der Waals surface area contributed by atoms with Crippen LogP contribution in [-0.2, 0) is 5.41 Å². The Morgan fingerprint density at radius 3 is 1.52 bits per heavy atom. The summed E-state index contributed by atoms with van der Waals surface area (Å²) in [5.74, 6) is 2.35. The van der Waals surface area contributed by atoms with E-state index < -0.39 is 5.41 Å². The summed E-state index contributed by atoms with van der Waals surface area (Å²) in [6.07, 6.45) is 6.91. The van der Waals surface area contributed by atoms with E-state index in [1.165, 1.54) is 12.7 Å². The summed E-state index contributed by atoms with van der Waals surface area (Å²) in [5, 5.41) is 0. The predicted octanol–water partition coefficient (Wildman–Crippen LogP) is 2.58. The number of nitrogens with zero attached hydrogens (tertiary/aromatic N) is 8. The lowest BCUT2D eigenvalue weighted by Crippen LogP contribution is -2.27. The first-order valence-electron chi connectivity index (χ1n) is 8.64. The second-order valence-corrected chi connectivity index (χ2v) is 6.88. The van der Waals surface area contributed by atoms with Crippen LogP contribution in [0.5, 0.6) is 0 Å². The fraction of sp³-hybridized carbons (Fsp3) is 0.263. The SMILES string of the molecule is Cc1cccn1-c1ncnc(C(C)(C)c2ncnc(-n3cccc3C)n2)n1. The lowest BCUT2D eigenvalue weighted by atomic mass is 9.91. The van der Waals surface area contributed by atoms with Crippen molar-refractivity contribution >= 4 is 0 Å². The molecule has 0 saturated carbocycles. The standard InChI is InChI=1S/C19H20N8/c1-13-7-5-9-26(13)17-22-11-20-15(24-17)19(3,4)16-21-12-23-18(25-16)27-10-6-8-14(27)2/h5-12H,1-4H3. The van der Waals surface area contributed by atoms with Gasteiger partial charge in [0, 0.05) is 23.8 Å². The van der Waals surface area contributed by atoms with Crippen LogP contribution in [0.1, 0.15) is 36.9 Å². The first-order valence-corrected chi connectivity index (χ1v) is 8.64. The molecule has 0 amide bonds. The molecule has 0 fully saturated rings. The normalized spacial score (nSPS) is 11.7. The van der Waals surface area contributed by atoms with Crippen molar-refractivity contribution in [3.8, 4) is 11.9 Å². The highest BCUT2D eigenvalue weighted by Crippen LogP contribution is 2.26. The third-order valence-corrected chi connectivity index (χ3v) is 4.57. The Balaban J connectivity index is 1.76. The van der Waals surface area contributed by atoms with Gasteiger partial charge in [0.2, 0.25) is 11.9 Å². The molecule has 4 aromatic rings. The van der Waals surface area contributed by atoms with Gasteiger partial charge in [0.1, 0.15) is 24.3 Å². The van der Waals surface area contributed by atoms with Crippen LogP contribution in [-0.4, -0.2) is 39.0 Å². The number of rotatable bonds is 4. The zero-order valence-corrected chi connectivity index (χ0v) is 15.7. The monoisotopic (exact) mass is 360 g/mol. The second kappa shape index (κ2) is 6.39. The Morgan fingerprint density at radius 1 is 0.704 bits per heavy atom. The summed E-state index contributed by atoms with van der Waals surface area (Å²) < 4.78 is 3.84. The summed E-state index contributed by atoms with van der Waals surface area (Å²) in [4.78, 5) is 26.7. The molecule has 4 aromatic heterocycles. The summed E-state index contributed by atoms with van der Waals surface area (Å²) >= 11 is 0. The molecular formula is C19H20N8. The van der Waals surface area contributed by atoms with E-state index in [1.54, 1.807) is 0 Å². The minimum Gasteiger partial charge on any atom is -0.290 e. The number of hydrogen-bond acceptors (Lipinski definition) is 6. The van der Waals surface area contributed by atoms with E-state index in [1.807, 2.05) is 73.5 Å². The quantitative estimate of drug-likeness (QED) is 0.556. The topological polar surface area (TPSA) is 87.2 Å². The molecule has 8 nitrogen and oxygen atoms in total. The van der Waals surface area contributed by atoms with Gasteiger partial charge in [-0.15, -0.1) is 0 Å². The molecule has 0 radical (unpaired) electrons. The van der Waals surface area contributed by atoms with E-state index in [-0.39, 0.29) is 0 Å². The first-order chi connectivity index (χ1) is 13.0. The molecule has 4 heterocycles. The van der Waals surface area contributed by atoms with E-state index in [4.69, 9.17) is 0 Å². The molecule has 136 valence electrons.